The van der Waals surface area contributed by atoms with Crippen molar-refractivity contribution in [2.24, 2.45) is 0 Å². The van der Waals surface area contributed by atoms with Crippen molar-refractivity contribution in [3.05, 3.63) is 69.5 Å². The summed E-state index contributed by atoms with van der Waals surface area (Å²) < 4.78 is 16.3. The molecule has 0 unspecified atom stereocenters. The summed E-state index contributed by atoms with van der Waals surface area (Å²) in [6.45, 7) is 4.40. The first-order valence-electron chi connectivity index (χ1n) is 8.88. The van der Waals surface area contributed by atoms with Crippen molar-refractivity contribution in [2.45, 2.75) is 20.4 Å². The van der Waals surface area contributed by atoms with Gasteiger partial charge in [-0.2, -0.15) is 4.98 Å². The number of aromatic nitrogens is 2. The molecule has 1 aliphatic rings. The second kappa shape index (κ2) is 7.63. The van der Waals surface area contributed by atoms with Crippen molar-refractivity contribution in [2.75, 3.05) is 12.1 Å². The number of ether oxygens (including phenoxy) is 3. The molecule has 1 aromatic heterocycles. The molecule has 3 aromatic rings. The Kier molecular flexibility index (Phi) is 4.86. The summed E-state index contributed by atoms with van der Waals surface area (Å²) in [6, 6.07) is 10.9. The van der Waals surface area contributed by atoms with Gasteiger partial charge in [-0.1, -0.05) is 12.1 Å². The highest BCUT2D eigenvalue weighted by molar-refractivity contribution is 5.62. The van der Waals surface area contributed by atoms with E-state index in [4.69, 9.17) is 14.2 Å². The molecule has 29 heavy (non-hydrogen) atoms. The maximum atomic E-state index is 11.7. The highest BCUT2D eigenvalue weighted by atomic mass is 16.7. The van der Waals surface area contributed by atoms with Gasteiger partial charge in [-0.15, -0.1) is 0 Å². The van der Waals surface area contributed by atoms with Crippen LogP contribution in [0.3, 0.4) is 0 Å². The molecule has 9 nitrogen and oxygen atoms in total. The van der Waals surface area contributed by atoms with Crippen LogP contribution in [-0.2, 0) is 6.54 Å². The Morgan fingerprint density at radius 3 is 2.72 bits per heavy atom. The van der Waals surface area contributed by atoms with E-state index in [-0.39, 0.29) is 24.2 Å². The van der Waals surface area contributed by atoms with Gasteiger partial charge in [-0.05, 0) is 54.8 Å². The Morgan fingerprint density at radius 2 is 1.93 bits per heavy atom. The standard InChI is InChI=1S/C20H18N4O5/c1-12-3-5-15(7-13(12)2)29-20-18(24(25)26)19(22-10-23-20)21-9-14-4-6-16-17(8-14)28-11-27-16/h3-8,10H,9,11H2,1-2H3,(H,21,22,23). The van der Waals surface area contributed by atoms with Gasteiger partial charge < -0.3 is 19.5 Å². The van der Waals surface area contributed by atoms with E-state index in [1.807, 2.05) is 32.0 Å². The summed E-state index contributed by atoms with van der Waals surface area (Å²) in [7, 11) is 0. The van der Waals surface area contributed by atoms with Crippen LogP contribution in [0.25, 0.3) is 0 Å². The average molecular weight is 394 g/mol. The first kappa shape index (κ1) is 18.5. The van der Waals surface area contributed by atoms with E-state index in [0.717, 1.165) is 16.7 Å². The summed E-state index contributed by atoms with van der Waals surface area (Å²) in [4.78, 5) is 19.1. The number of nitrogens with one attached hydrogen (secondary N) is 1. The third-order valence-electron chi connectivity index (χ3n) is 4.56. The zero-order chi connectivity index (χ0) is 20.4. The van der Waals surface area contributed by atoms with E-state index in [1.165, 1.54) is 6.33 Å². The Morgan fingerprint density at radius 1 is 1.10 bits per heavy atom. The first-order valence-corrected chi connectivity index (χ1v) is 8.88. The summed E-state index contributed by atoms with van der Waals surface area (Å²) in [5.41, 5.74) is 2.64. The molecule has 0 spiro atoms. The second-order valence-electron chi connectivity index (χ2n) is 6.52. The lowest BCUT2D eigenvalue weighted by Gasteiger charge is -2.10. The molecular weight excluding hydrogens is 376 g/mol. The minimum atomic E-state index is -0.557. The molecule has 148 valence electrons. The van der Waals surface area contributed by atoms with E-state index in [2.05, 4.69) is 15.3 Å². The number of benzene rings is 2. The van der Waals surface area contributed by atoms with Crippen molar-refractivity contribution in [3.63, 3.8) is 0 Å². The molecule has 1 N–H and O–H groups in total. The number of anilines is 1. The summed E-state index contributed by atoms with van der Waals surface area (Å²) in [6.07, 6.45) is 1.23. The zero-order valence-electron chi connectivity index (χ0n) is 15.8. The maximum absolute atomic E-state index is 11.7. The third kappa shape index (κ3) is 3.88. The molecule has 0 aliphatic carbocycles. The van der Waals surface area contributed by atoms with Crippen LogP contribution >= 0.6 is 0 Å². The predicted octanol–water partition coefficient (Wildman–Crippen LogP) is 4.13. The number of fused-ring (bicyclic) bond motifs is 1. The summed E-state index contributed by atoms with van der Waals surface area (Å²) in [5.74, 6) is 1.73. The van der Waals surface area contributed by atoms with Gasteiger partial charge in [0.15, 0.2) is 11.5 Å². The molecule has 0 saturated heterocycles. The van der Waals surface area contributed by atoms with Gasteiger partial charge in [0.05, 0.1) is 4.92 Å². The average Bonchev–Trinajstić information content (AvgIpc) is 3.17. The van der Waals surface area contributed by atoms with Crippen LogP contribution in [-0.4, -0.2) is 21.7 Å². The van der Waals surface area contributed by atoms with Crippen molar-refractivity contribution in [3.8, 4) is 23.1 Å². The molecule has 0 radical (unpaired) electrons. The van der Waals surface area contributed by atoms with Crippen LogP contribution in [0.1, 0.15) is 16.7 Å². The van der Waals surface area contributed by atoms with Crippen LogP contribution in [0.5, 0.6) is 23.1 Å². The van der Waals surface area contributed by atoms with Gasteiger partial charge in [-0.3, -0.25) is 10.1 Å². The smallest absolute Gasteiger partial charge is 0.373 e. The molecule has 0 fully saturated rings. The number of hydrogen-bond acceptors (Lipinski definition) is 8. The van der Waals surface area contributed by atoms with Gasteiger partial charge in [-0.25, -0.2) is 4.98 Å². The van der Waals surface area contributed by atoms with Crippen LogP contribution in [0.2, 0.25) is 0 Å². The molecule has 0 bridgehead atoms. The van der Waals surface area contributed by atoms with Crippen molar-refractivity contribution in [1.29, 1.82) is 0 Å². The van der Waals surface area contributed by atoms with Crippen LogP contribution < -0.4 is 19.5 Å². The quantitative estimate of drug-likeness (QED) is 0.491. The van der Waals surface area contributed by atoms with E-state index >= 15 is 0 Å². The number of nitro groups is 1. The number of aryl methyl sites for hydroxylation is 2. The molecule has 2 heterocycles. The van der Waals surface area contributed by atoms with Crippen molar-refractivity contribution >= 4 is 11.5 Å². The predicted molar refractivity (Wildman–Crippen MR) is 105 cm³/mol. The molecule has 0 amide bonds. The summed E-state index contributed by atoms with van der Waals surface area (Å²) in [5, 5.41) is 14.7. The molecule has 0 atom stereocenters. The fourth-order valence-corrected chi connectivity index (χ4v) is 2.86. The van der Waals surface area contributed by atoms with Crippen LogP contribution in [0.15, 0.2) is 42.7 Å². The van der Waals surface area contributed by atoms with Crippen molar-refractivity contribution < 1.29 is 19.1 Å². The van der Waals surface area contributed by atoms with Gasteiger partial charge in [0.1, 0.15) is 12.1 Å². The maximum Gasteiger partial charge on any atom is 0.373 e. The molecule has 2 aromatic carbocycles. The topological polar surface area (TPSA) is 109 Å². The lowest BCUT2D eigenvalue weighted by molar-refractivity contribution is -0.385. The SMILES string of the molecule is Cc1ccc(Oc2ncnc(NCc3ccc4c(c3)OCO4)c2[N+](=O)[O-])cc1C. The zero-order valence-corrected chi connectivity index (χ0v) is 15.8. The highest BCUT2D eigenvalue weighted by Gasteiger charge is 2.25. The van der Waals surface area contributed by atoms with E-state index in [1.54, 1.807) is 18.2 Å². The van der Waals surface area contributed by atoms with Gasteiger partial charge >= 0.3 is 11.6 Å². The van der Waals surface area contributed by atoms with E-state index in [9.17, 15) is 10.1 Å². The largest absolute Gasteiger partial charge is 0.454 e. The molecular formula is C20H18N4O5. The van der Waals surface area contributed by atoms with Gasteiger partial charge in [0.2, 0.25) is 12.6 Å². The molecule has 4 rings (SSSR count). The fourth-order valence-electron chi connectivity index (χ4n) is 2.86. The second-order valence-corrected chi connectivity index (χ2v) is 6.52. The van der Waals surface area contributed by atoms with Gasteiger partial charge in [0, 0.05) is 6.54 Å². The third-order valence-corrected chi connectivity index (χ3v) is 4.56. The highest BCUT2D eigenvalue weighted by Crippen LogP contribution is 2.36. The Labute approximate surface area is 166 Å². The monoisotopic (exact) mass is 394 g/mol. The molecule has 1 aliphatic heterocycles. The number of hydrogen-bond donors (Lipinski definition) is 1. The fraction of sp³-hybridized carbons (Fsp3) is 0.200. The van der Waals surface area contributed by atoms with Crippen LogP contribution in [0.4, 0.5) is 11.5 Å². The van der Waals surface area contributed by atoms with E-state index < -0.39 is 4.92 Å². The first-order chi connectivity index (χ1) is 14.0. The Balaban J connectivity index is 1.57. The Bertz CT molecular complexity index is 1090. The lowest BCUT2D eigenvalue weighted by Crippen LogP contribution is -2.07. The number of nitrogens with zero attached hydrogens (tertiary/aromatic N) is 3. The molecule has 9 heteroatoms. The Hall–Kier alpha value is -3.88. The van der Waals surface area contributed by atoms with Gasteiger partial charge in [0.25, 0.3) is 0 Å². The van der Waals surface area contributed by atoms with E-state index in [0.29, 0.717) is 23.8 Å². The normalized spacial score (nSPS) is 11.9. The number of rotatable bonds is 6. The molecule has 0 saturated carbocycles. The lowest BCUT2D eigenvalue weighted by atomic mass is 10.1. The minimum absolute atomic E-state index is 0.0708. The summed E-state index contributed by atoms with van der Waals surface area (Å²) >= 11 is 0. The van der Waals surface area contributed by atoms with Crippen LogP contribution in [0, 0.1) is 24.0 Å². The minimum Gasteiger partial charge on any atom is -0.454 e. The van der Waals surface area contributed by atoms with Crippen molar-refractivity contribution in [1.82, 2.24) is 9.97 Å².